The highest BCUT2D eigenvalue weighted by Gasteiger charge is 2.15. The van der Waals surface area contributed by atoms with Crippen molar-refractivity contribution in [3.63, 3.8) is 0 Å². The van der Waals surface area contributed by atoms with Gasteiger partial charge in [0.2, 0.25) is 0 Å². The molecule has 1 aromatic carbocycles. The molecule has 0 N–H and O–H groups in total. The number of fused-ring (bicyclic) bond motifs is 1. The predicted octanol–water partition coefficient (Wildman–Crippen LogP) is 5.39. The summed E-state index contributed by atoms with van der Waals surface area (Å²) < 4.78 is 5.23. The molecule has 2 aliphatic rings. The standard InChI is InChI=1S/C17H13NO2S5/c1-2-3-4-9-5-7-10(8-6-9)18-13(19)11-12(14(18)20)23-16-15(22-11)24-17(21)25-16/h5-8H,2-4H2,1H3. The molecule has 0 aliphatic carbocycles. The highest BCUT2D eigenvalue weighted by molar-refractivity contribution is 7.78. The second kappa shape index (κ2) is 6.85. The van der Waals surface area contributed by atoms with Gasteiger partial charge in [0.15, 0.2) is 0 Å². The van der Waals surface area contributed by atoms with Crippen LogP contribution in [0.25, 0.3) is 13.7 Å². The average Bonchev–Trinajstić information content (AvgIpc) is 3.09. The van der Waals surface area contributed by atoms with Crippen molar-refractivity contribution in [2.45, 2.75) is 26.2 Å². The van der Waals surface area contributed by atoms with Gasteiger partial charge in [0.05, 0.1) is 5.69 Å². The van der Waals surface area contributed by atoms with Crippen LogP contribution in [0.5, 0.6) is 0 Å². The monoisotopic (exact) mass is 423 g/mol. The molecule has 2 aliphatic heterocycles. The van der Waals surface area contributed by atoms with Crippen molar-refractivity contribution in [2.24, 2.45) is 0 Å². The van der Waals surface area contributed by atoms with Crippen LogP contribution in [0, 0.1) is 12.2 Å². The number of aryl methyl sites for hydroxylation is 1. The third-order valence-corrected chi connectivity index (χ3v) is 9.63. The lowest BCUT2D eigenvalue weighted by atomic mass is 10.1. The second-order valence-corrected chi connectivity index (χ2v) is 11.4. The van der Waals surface area contributed by atoms with Gasteiger partial charge in [-0.1, -0.05) is 37.7 Å². The zero-order valence-electron chi connectivity index (χ0n) is 13.2. The molecule has 0 amide bonds. The van der Waals surface area contributed by atoms with Crippen molar-refractivity contribution in [1.82, 2.24) is 4.57 Å². The van der Waals surface area contributed by atoms with E-state index in [1.54, 1.807) is 0 Å². The Bertz CT molecular complexity index is 1220. The highest BCUT2D eigenvalue weighted by Crippen LogP contribution is 2.34. The van der Waals surface area contributed by atoms with Gasteiger partial charge in [-0.25, -0.2) is 4.57 Å². The summed E-state index contributed by atoms with van der Waals surface area (Å²) in [6.45, 7) is 2.16. The van der Waals surface area contributed by atoms with Crippen molar-refractivity contribution < 1.29 is 0 Å². The van der Waals surface area contributed by atoms with Crippen LogP contribution in [0.15, 0.2) is 33.9 Å². The van der Waals surface area contributed by atoms with Gasteiger partial charge in [-0.2, -0.15) is 0 Å². The summed E-state index contributed by atoms with van der Waals surface area (Å²) in [6, 6.07) is 7.75. The van der Waals surface area contributed by atoms with Crippen LogP contribution in [0.3, 0.4) is 0 Å². The maximum atomic E-state index is 12.8. The van der Waals surface area contributed by atoms with E-state index >= 15 is 0 Å². The lowest BCUT2D eigenvalue weighted by molar-refractivity contribution is 0.794. The molecule has 3 nitrogen and oxygen atoms in total. The van der Waals surface area contributed by atoms with Crippen LogP contribution in [-0.4, -0.2) is 4.57 Å². The first-order valence-electron chi connectivity index (χ1n) is 7.80. The lowest BCUT2D eigenvalue weighted by Crippen LogP contribution is -2.24. The van der Waals surface area contributed by atoms with Gasteiger partial charge in [0.1, 0.15) is 20.2 Å². The van der Waals surface area contributed by atoms with E-state index in [0.29, 0.717) is 14.8 Å². The number of hydrogen-bond donors (Lipinski definition) is 0. The Labute approximate surface area is 164 Å². The molecule has 0 atom stereocenters. The van der Waals surface area contributed by atoms with Gasteiger partial charge in [-0.05, 0) is 30.5 Å². The van der Waals surface area contributed by atoms with E-state index in [2.05, 4.69) is 6.92 Å². The quantitative estimate of drug-likeness (QED) is 0.413. The number of rotatable bonds is 4. The van der Waals surface area contributed by atoms with Crippen LogP contribution in [0.2, 0.25) is 0 Å². The molecule has 0 bridgehead atoms. The zero-order chi connectivity index (χ0) is 17.6. The Balaban J connectivity index is 1.89. The first-order valence-corrected chi connectivity index (χ1v) is 11.5. The van der Waals surface area contributed by atoms with E-state index < -0.39 is 0 Å². The first-order chi connectivity index (χ1) is 12.1. The first kappa shape index (κ1) is 17.2. The molecule has 8 heteroatoms. The van der Waals surface area contributed by atoms with Crippen LogP contribution in [0.4, 0.5) is 0 Å². The molecule has 3 heterocycles. The van der Waals surface area contributed by atoms with E-state index in [0.717, 1.165) is 30.4 Å². The van der Waals surface area contributed by atoms with Crippen LogP contribution in [-0.2, 0) is 6.42 Å². The molecule has 0 unspecified atom stereocenters. The van der Waals surface area contributed by atoms with Crippen LogP contribution >= 0.6 is 57.6 Å². The summed E-state index contributed by atoms with van der Waals surface area (Å²) in [5, 5.41) is 0. The molecule has 2 aromatic rings. The number of benzene rings is 1. The average molecular weight is 424 g/mol. The van der Waals surface area contributed by atoms with Gasteiger partial charge in [-0.3, -0.25) is 9.59 Å². The summed E-state index contributed by atoms with van der Waals surface area (Å²) in [4.78, 5) is 25.6. The van der Waals surface area contributed by atoms with E-state index in [1.807, 2.05) is 24.3 Å². The fraction of sp³-hybridized carbons (Fsp3) is 0.235. The third kappa shape index (κ3) is 3.06. The SMILES string of the molecule is CCCCc1ccc(-n2c(=O)c3sc4sc(=S)sc4sc=3c2=O)cc1. The van der Waals surface area contributed by atoms with Crippen molar-refractivity contribution in [2.75, 3.05) is 0 Å². The Kier molecular flexibility index (Phi) is 4.72. The summed E-state index contributed by atoms with van der Waals surface area (Å²) in [7, 11) is 0. The van der Waals surface area contributed by atoms with E-state index in [9.17, 15) is 9.59 Å². The summed E-state index contributed by atoms with van der Waals surface area (Å²) >= 11 is 11.0. The van der Waals surface area contributed by atoms with Crippen molar-refractivity contribution >= 4 is 65.6 Å². The fourth-order valence-electron chi connectivity index (χ4n) is 2.66. The fourth-order valence-corrected chi connectivity index (χ4v) is 8.77. The van der Waals surface area contributed by atoms with Crippen LogP contribution < -0.4 is 11.1 Å². The maximum absolute atomic E-state index is 12.8. The molecular weight excluding hydrogens is 411 g/mol. The summed E-state index contributed by atoms with van der Waals surface area (Å²) in [5.74, 6) is 0. The second-order valence-electron chi connectivity index (χ2n) is 5.61. The number of unbranched alkanes of at least 4 members (excludes halogenated alkanes) is 1. The largest absolute Gasteiger partial charge is 0.277 e. The molecule has 0 saturated carbocycles. The van der Waals surface area contributed by atoms with E-state index in [4.69, 9.17) is 12.2 Å². The Hall–Kier alpha value is -1.19. The molecule has 4 rings (SSSR count). The van der Waals surface area contributed by atoms with Gasteiger partial charge in [-0.15, -0.1) is 45.3 Å². The lowest BCUT2D eigenvalue weighted by Gasteiger charge is -2.03. The van der Waals surface area contributed by atoms with Crippen molar-refractivity contribution in [3.8, 4) is 5.69 Å². The summed E-state index contributed by atoms with van der Waals surface area (Å²) in [5.41, 5.74) is 1.41. The van der Waals surface area contributed by atoms with Crippen molar-refractivity contribution in [3.05, 3.63) is 62.7 Å². The molecule has 0 fully saturated rings. The molecule has 0 saturated heterocycles. The number of aromatic nitrogens is 1. The highest BCUT2D eigenvalue weighted by atomic mass is 32.2. The van der Waals surface area contributed by atoms with E-state index in [-0.39, 0.29) is 11.1 Å². The smallest absolute Gasteiger partial charge is 0.267 e. The number of hydrogen-bond acceptors (Lipinski definition) is 7. The summed E-state index contributed by atoms with van der Waals surface area (Å²) in [6.07, 6.45) is 3.30. The zero-order valence-corrected chi connectivity index (χ0v) is 17.3. The van der Waals surface area contributed by atoms with E-state index in [1.165, 1.54) is 55.5 Å². The van der Waals surface area contributed by atoms with Crippen molar-refractivity contribution in [1.29, 1.82) is 0 Å². The predicted molar refractivity (Wildman–Crippen MR) is 112 cm³/mol. The third-order valence-electron chi connectivity index (χ3n) is 3.92. The minimum absolute atomic E-state index is 0.228. The molecule has 1 aromatic heterocycles. The topological polar surface area (TPSA) is 39.1 Å². The molecule has 0 spiro atoms. The normalized spacial score (nSPS) is 11.6. The van der Waals surface area contributed by atoms with Gasteiger partial charge in [0.25, 0.3) is 11.1 Å². The molecule has 128 valence electrons. The maximum Gasteiger partial charge on any atom is 0.277 e. The minimum atomic E-state index is -0.228. The van der Waals surface area contributed by atoms with Crippen LogP contribution in [0.1, 0.15) is 25.3 Å². The molecule has 0 radical (unpaired) electrons. The number of nitrogens with zero attached hydrogens (tertiary/aromatic N) is 1. The van der Waals surface area contributed by atoms with Gasteiger partial charge >= 0.3 is 0 Å². The Morgan fingerprint density at radius 1 is 0.920 bits per heavy atom. The molecular formula is C17H13NO2S5. The van der Waals surface area contributed by atoms with Gasteiger partial charge < -0.3 is 0 Å². The Morgan fingerprint density at radius 2 is 1.48 bits per heavy atom. The Morgan fingerprint density at radius 3 is 2.00 bits per heavy atom. The van der Waals surface area contributed by atoms with Gasteiger partial charge in [0, 0.05) is 0 Å². The minimum Gasteiger partial charge on any atom is -0.267 e. The molecule has 25 heavy (non-hydrogen) atoms.